The van der Waals surface area contributed by atoms with Crippen molar-refractivity contribution >= 4 is 15.9 Å². The molecule has 0 bridgehead atoms. The van der Waals surface area contributed by atoms with Crippen LogP contribution in [0.3, 0.4) is 0 Å². The molecule has 9 heteroatoms. The fourth-order valence-corrected chi connectivity index (χ4v) is 3.84. The fourth-order valence-electron chi connectivity index (χ4n) is 3.30. The zero-order valence-corrected chi connectivity index (χ0v) is 17.3. The van der Waals surface area contributed by atoms with E-state index in [1.54, 1.807) is 12.0 Å². The average Bonchev–Trinajstić information content (AvgIpc) is 2.73. The number of piperazine rings is 1. The van der Waals surface area contributed by atoms with Crippen molar-refractivity contribution in [3.8, 4) is 11.5 Å². The summed E-state index contributed by atoms with van der Waals surface area (Å²) < 4.78 is 33.7. The first-order chi connectivity index (χ1) is 13.8. The van der Waals surface area contributed by atoms with Gasteiger partial charge < -0.3 is 14.4 Å². The van der Waals surface area contributed by atoms with Gasteiger partial charge in [0, 0.05) is 32.7 Å². The molecule has 1 aliphatic rings. The molecule has 0 saturated carbocycles. The van der Waals surface area contributed by atoms with E-state index in [0.29, 0.717) is 18.8 Å². The highest BCUT2D eigenvalue weighted by molar-refractivity contribution is 7.89. The van der Waals surface area contributed by atoms with Crippen molar-refractivity contribution in [2.24, 2.45) is 5.14 Å². The molecule has 2 N–H and O–H groups in total. The highest BCUT2D eigenvalue weighted by Crippen LogP contribution is 2.24. The quantitative estimate of drug-likeness (QED) is 0.757. The van der Waals surface area contributed by atoms with Crippen molar-refractivity contribution in [3.63, 3.8) is 0 Å². The van der Waals surface area contributed by atoms with Gasteiger partial charge in [-0.1, -0.05) is 12.1 Å². The number of primary sulfonamides is 1. The predicted molar refractivity (Wildman–Crippen MR) is 109 cm³/mol. The van der Waals surface area contributed by atoms with Crippen molar-refractivity contribution < 1.29 is 22.7 Å². The highest BCUT2D eigenvalue weighted by Gasteiger charge is 2.25. The molecule has 1 aliphatic heterocycles. The number of carbonyl (C=O) groups excluding carboxylic acids is 1. The number of hydrogen-bond acceptors (Lipinski definition) is 6. The van der Waals surface area contributed by atoms with Crippen LogP contribution in [-0.4, -0.2) is 64.5 Å². The Bertz CT molecular complexity index is 968. The van der Waals surface area contributed by atoms with Crippen LogP contribution in [0.15, 0.2) is 47.4 Å². The monoisotopic (exact) mass is 419 g/mol. The topological polar surface area (TPSA) is 102 Å². The normalized spacial score (nSPS) is 15.2. The first kappa shape index (κ1) is 21.1. The maximum absolute atomic E-state index is 13.0. The van der Waals surface area contributed by atoms with Crippen LogP contribution in [0.4, 0.5) is 0 Å². The Morgan fingerprint density at radius 1 is 1.00 bits per heavy atom. The lowest BCUT2D eigenvalue weighted by atomic mass is 10.1. The van der Waals surface area contributed by atoms with Crippen LogP contribution < -0.4 is 14.6 Å². The van der Waals surface area contributed by atoms with Gasteiger partial charge in [0.15, 0.2) is 0 Å². The molecule has 0 aliphatic carbocycles. The number of nitrogens with two attached hydrogens (primary N) is 1. The lowest BCUT2D eigenvalue weighted by molar-refractivity contribution is 0.0625. The van der Waals surface area contributed by atoms with E-state index in [0.717, 1.165) is 25.4 Å². The largest absolute Gasteiger partial charge is 0.497 e. The van der Waals surface area contributed by atoms with Crippen LogP contribution in [0.5, 0.6) is 11.5 Å². The SMILES string of the molecule is COc1ccc(CN2CCN(C(=O)c3cc(S(N)(=O)=O)ccc3OC)CC2)cc1. The summed E-state index contributed by atoms with van der Waals surface area (Å²) >= 11 is 0. The third-order valence-corrected chi connectivity index (χ3v) is 5.87. The second kappa shape index (κ2) is 8.81. The molecule has 0 spiro atoms. The summed E-state index contributed by atoms with van der Waals surface area (Å²) in [5.41, 5.74) is 1.37. The van der Waals surface area contributed by atoms with Crippen LogP contribution in [-0.2, 0) is 16.6 Å². The zero-order valence-electron chi connectivity index (χ0n) is 16.5. The van der Waals surface area contributed by atoms with Crippen LogP contribution in [0.2, 0.25) is 0 Å². The van der Waals surface area contributed by atoms with Gasteiger partial charge in [-0.2, -0.15) is 0 Å². The van der Waals surface area contributed by atoms with Gasteiger partial charge in [0.2, 0.25) is 10.0 Å². The summed E-state index contributed by atoms with van der Waals surface area (Å²) in [4.78, 5) is 16.8. The molecule has 1 amide bonds. The molecule has 0 radical (unpaired) electrons. The number of nitrogens with zero attached hydrogens (tertiary/aromatic N) is 2. The van der Waals surface area contributed by atoms with Gasteiger partial charge in [0.1, 0.15) is 11.5 Å². The number of rotatable bonds is 6. The molecule has 2 aromatic rings. The highest BCUT2D eigenvalue weighted by atomic mass is 32.2. The number of sulfonamides is 1. The van der Waals surface area contributed by atoms with Gasteiger partial charge in [-0.15, -0.1) is 0 Å². The first-order valence-electron chi connectivity index (χ1n) is 9.17. The van der Waals surface area contributed by atoms with Gasteiger partial charge in [-0.25, -0.2) is 13.6 Å². The Kier molecular flexibility index (Phi) is 6.41. The molecular formula is C20H25N3O5S. The molecule has 0 aromatic heterocycles. The number of carbonyl (C=O) groups is 1. The molecule has 29 heavy (non-hydrogen) atoms. The average molecular weight is 420 g/mol. The van der Waals surface area contributed by atoms with Crippen molar-refractivity contribution in [2.45, 2.75) is 11.4 Å². The molecule has 1 heterocycles. The van der Waals surface area contributed by atoms with Gasteiger partial charge in [0.05, 0.1) is 24.7 Å². The van der Waals surface area contributed by atoms with E-state index in [4.69, 9.17) is 14.6 Å². The molecule has 156 valence electrons. The summed E-state index contributed by atoms with van der Waals surface area (Å²) in [6.45, 7) is 3.30. The molecule has 8 nitrogen and oxygen atoms in total. The molecular weight excluding hydrogens is 394 g/mol. The standard InChI is InChI=1S/C20H25N3O5S/c1-27-16-5-3-15(4-6-16)14-22-9-11-23(12-10-22)20(24)18-13-17(29(21,25)26)7-8-19(18)28-2/h3-8,13H,9-12,14H2,1-2H3,(H2,21,25,26). The summed E-state index contributed by atoms with van der Waals surface area (Å²) in [5, 5.41) is 5.20. The molecule has 0 unspecified atom stereocenters. The van der Waals surface area contributed by atoms with E-state index in [-0.39, 0.29) is 16.4 Å². The van der Waals surface area contributed by atoms with E-state index in [1.165, 1.54) is 30.9 Å². The molecule has 1 fully saturated rings. The predicted octanol–water partition coefficient (Wildman–Crippen LogP) is 1.31. The van der Waals surface area contributed by atoms with Gasteiger partial charge in [-0.05, 0) is 35.9 Å². The van der Waals surface area contributed by atoms with E-state index >= 15 is 0 Å². The van der Waals surface area contributed by atoms with E-state index in [9.17, 15) is 13.2 Å². The van der Waals surface area contributed by atoms with Crippen LogP contribution in [0.1, 0.15) is 15.9 Å². The van der Waals surface area contributed by atoms with Crippen molar-refractivity contribution in [2.75, 3.05) is 40.4 Å². The Morgan fingerprint density at radius 2 is 1.66 bits per heavy atom. The first-order valence-corrected chi connectivity index (χ1v) is 10.7. The van der Waals surface area contributed by atoms with Crippen LogP contribution in [0, 0.1) is 0 Å². The van der Waals surface area contributed by atoms with E-state index in [1.807, 2.05) is 24.3 Å². The van der Waals surface area contributed by atoms with Crippen molar-refractivity contribution in [3.05, 3.63) is 53.6 Å². The van der Waals surface area contributed by atoms with Crippen molar-refractivity contribution in [1.29, 1.82) is 0 Å². The maximum atomic E-state index is 13.0. The summed E-state index contributed by atoms with van der Waals surface area (Å²) in [6.07, 6.45) is 0. The minimum Gasteiger partial charge on any atom is -0.497 e. The lowest BCUT2D eigenvalue weighted by Crippen LogP contribution is -2.48. The molecule has 2 aromatic carbocycles. The minimum absolute atomic E-state index is 0.111. The maximum Gasteiger partial charge on any atom is 0.257 e. The minimum atomic E-state index is -3.91. The molecule has 0 atom stereocenters. The van der Waals surface area contributed by atoms with Gasteiger partial charge in [-0.3, -0.25) is 9.69 Å². The number of hydrogen-bond donors (Lipinski definition) is 1. The number of benzene rings is 2. The molecule has 3 rings (SSSR count). The van der Waals surface area contributed by atoms with Gasteiger partial charge >= 0.3 is 0 Å². The summed E-state index contributed by atoms with van der Waals surface area (Å²) in [6, 6.07) is 12.0. The number of ether oxygens (including phenoxy) is 2. The Hall–Kier alpha value is -2.62. The Balaban J connectivity index is 1.66. The van der Waals surface area contributed by atoms with Gasteiger partial charge in [0.25, 0.3) is 5.91 Å². The summed E-state index contributed by atoms with van der Waals surface area (Å²) in [7, 11) is -0.829. The number of methoxy groups -OCH3 is 2. The van der Waals surface area contributed by atoms with Crippen molar-refractivity contribution in [1.82, 2.24) is 9.80 Å². The van der Waals surface area contributed by atoms with E-state index in [2.05, 4.69) is 4.90 Å². The fraction of sp³-hybridized carbons (Fsp3) is 0.350. The molecule has 1 saturated heterocycles. The second-order valence-electron chi connectivity index (χ2n) is 6.82. The zero-order chi connectivity index (χ0) is 21.0. The Morgan fingerprint density at radius 3 is 2.21 bits per heavy atom. The van der Waals surface area contributed by atoms with Crippen LogP contribution in [0.25, 0.3) is 0 Å². The third kappa shape index (κ3) is 5.06. The van der Waals surface area contributed by atoms with E-state index < -0.39 is 10.0 Å². The number of amides is 1. The Labute approximate surface area is 170 Å². The smallest absolute Gasteiger partial charge is 0.257 e. The van der Waals surface area contributed by atoms with Crippen LogP contribution >= 0.6 is 0 Å². The second-order valence-corrected chi connectivity index (χ2v) is 8.38. The lowest BCUT2D eigenvalue weighted by Gasteiger charge is -2.35. The summed E-state index contributed by atoms with van der Waals surface area (Å²) in [5.74, 6) is 0.874. The third-order valence-electron chi connectivity index (χ3n) is 4.95.